The van der Waals surface area contributed by atoms with Crippen LogP contribution in [0.3, 0.4) is 0 Å². The molecular weight excluding hydrogens is 175 g/mol. The maximum absolute atomic E-state index is 10.4. The van der Waals surface area contributed by atoms with Gasteiger partial charge in [0.15, 0.2) is 0 Å². The number of allylic oxidation sites excluding steroid dienone is 1. The molecule has 0 saturated carbocycles. The Labute approximate surface area is 89.9 Å². The van der Waals surface area contributed by atoms with Crippen molar-refractivity contribution >= 4 is 10.1 Å². The molecule has 0 heterocycles. The van der Waals surface area contributed by atoms with Crippen molar-refractivity contribution in [1.82, 2.24) is 0 Å². The Hall–Kier alpha value is 0.650. The molecule has 11 heavy (non-hydrogen) atoms. The third kappa shape index (κ3) is 4.28. The molecule has 5 heteroatoms. The molecule has 0 radical (unpaired) electrons. The topological polar surface area (TPSA) is 57.2 Å². The summed E-state index contributed by atoms with van der Waals surface area (Å²) in [6, 6.07) is 0. The third-order valence-electron chi connectivity index (χ3n) is 1.31. The fraction of sp³-hybridized carbons (Fsp3) is 0.667. The predicted octanol–water partition coefficient (Wildman–Crippen LogP) is -2.11. The minimum absolute atomic E-state index is 0. The van der Waals surface area contributed by atoms with E-state index in [0.717, 1.165) is 0 Å². The molecule has 0 saturated heterocycles. The minimum atomic E-state index is -4.19. The van der Waals surface area contributed by atoms with Crippen LogP contribution in [0.15, 0.2) is 12.7 Å². The first-order valence-electron chi connectivity index (χ1n) is 2.87. The molecule has 3 nitrogen and oxygen atoms in total. The average molecular weight is 186 g/mol. The summed E-state index contributed by atoms with van der Waals surface area (Å²) in [5.41, 5.74) is 0. The molecule has 0 N–H and O–H groups in total. The van der Waals surface area contributed by atoms with Gasteiger partial charge in [0.2, 0.25) is 0 Å². The van der Waals surface area contributed by atoms with Crippen molar-refractivity contribution in [3.05, 3.63) is 12.7 Å². The molecule has 0 atom stereocenters. The molecule has 0 aliphatic rings. The Bertz CT molecular complexity index is 218. The summed E-state index contributed by atoms with van der Waals surface area (Å²) in [6.07, 6.45) is 1.62. The van der Waals surface area contributed by atoms with Gasteiger partial charge in [-0.25, -0.2) is 8.42 Å². The first-order chi connectivity index (χ1) is 4.31. The molecule has 60 valence electrons. The van der Waals surface area contributed by atoms with Gasteiger partial charge in [0.25, 0.3) is 0 Å². The van der Waals surface area contributed by atoms with Gasteiger partial charge in [-0.2, -0.15) is 0 Å². The second-order valence-electron chi connectivity index (χ2n) is 2.71. The van der Waals surface area contributed by atoms with Crippen molar-refractivity contribution in [1.29, 1.82) is 0 Å². The van der Waals surface area contributed by atoms with Crippen molar-refractivity contribution in [2.24, 2.45) is 0 Å². The van der Waals surface area contributed by atoms with Crippen molar-refractivity contribution < 1.29 is 42.5 Å². The number of rotatable bonds is 3. The zero-order valence-corrected chi connectivity index (χ0v) is 9.94. The van der Waals surface area contributed by atoms with Gasteiger partial charge in [0.1, 0.15) is 10.1 Å². The van der Waals surface area contributed by atoms with E-state index in [4.69, 9.17) is 0 Å². The van der Waals surface area contributed by atoms with Crippen LogP contribution in [-0.2, 0) is 10.1 Å². The van der Waals surface area contributed by atoms with Gasteiger partial charge in [-0.3, -0.25) is 0 Å². The van der Waals surface area contributed by atoms with Crippen molar-refractivity contribution in [3.63, 3.8) is 0 Å². The van der Waals surface area contributed by atoms with Crippen LogP contribution in [0.1, 0.15) is 20.3 Å². The van der Waals surface area contributed by atoms with E-state index >= 15 is 0 Å². The van der Waals surface area contributed by atoms with E-state index in [-0.39, 0.29) is 36.0 Å². The van der Waals surface area contributed by atoms with Gasteiger partial charge in [-0.05, 0) is 20.3 Å². The Kier molecular flexibility index (Phi) is 5.96. The summed E-state index contributed by atoms with van der Waals surface area (Å²) in [5, 5.41) is 0. The summed E-state index contributed by atoms with van der Waals surface area (Å²) < 4.78 is 30.1. The molecule has 0 bridgehead atoms. The summed E-state index contributed by atoms with van der Waals surface area (Å²) in [6.45, 7) is 6.13. The summed E-state index contributed by atoms with van der Waals surface area (Å²) >= 11 is 0. The van der Waals surface area contributed by atoms with E-state index in [1.165, 1.54) is 19.9 Å². The minimum Gasteiger partial charge on any atom is -0.748 e. The van der Waals surface area contributed by atoms with E-state index in [0.29, 0.717) is 0 Å². The van der Waals surface area contributed by atoms with Gasteiger partial charge in [-0.1, -0.05) is 6.08 Å². The summed E-state index contributed by atoms with van der Waals surface area (Å²) in [4.78, 5) is 0. The van der Waals surface area contributed by atoms with Crippen molar-refractivity contribution in [3.8, 4) is 0 Å². The standard InChI is InChI=1S/C6H12O3S.Na/c1-4-5-6(2,3)10(7,8)9;/h4H,1,5H2,2-3H3,(H,7,8,9);/q;+1/p-1. The zero-order valence-electron chi connectivity index (χ0n) is 7.12. The molecule has 0 unspecified atom stereocenters. The Balaban J connectivity index is 0. The van der Waals surface area contributed by atoms with Gasteiger partial charge in [-0.15, -0.1) is 6.58 Å². The first-order valence-corrected chi connectivity index (χ1v) is 4.28. The van der Waals surface area contributed by atoms with Crippen LogP contribution >= 0.6 is 0 Å². The van der Waals surface area contributed by atoms with Crippen molar-refractivity contribution in [2.75, 3.05) is 0 Å². The van der Waals surface area contributed by atoms with E-state index in [9.17, 15) is 13.0 Å². The van der Waals surface area contributed by atoms with Crippen LogP contribution in [0.2, 0.25) is 0 Å². The first kappa shape index (κ1) is 14.2. The fourth-order valence-electron chi connectivity index (χ4n) is 0.450. The van der Waals surface area contributed by atoms with E-state index in [1.54, 1.807) is 0 Å². The van der Waals surface area contributed by atoms with Crippen LogP contribution in [0, 0.1) is 0 Å². The third-order valence-corrected chi connectivity index (χ3v) is 2.83. The maximum atomic E-state index is 10.4. The monoisotopic (exact) mass is 186 g/mol. The van der Waals surface area contributed by atoms with Gasteiger partial charge in [0, 0.05) is 0 Å². The van der Waals surface area contributed by atoms with Crippen LogP contribution < -0.4 is 29.6 Å². The maximum Gasteiger partial charge on any atom is 1.00 e. The van der Waals surface area contributed by atoms with Gasteiger partial charge >= 0.3 is 29.6 Å². The molecule has 0 aromatic rings. The molecular formula is C6H11NaO3S. The molecule has 0 aliphatic heterocycles. The van der Waals surface area contributed by atoms with Crippen molar-refractivity contribution in [2.45, 2.75) is 25.0 Å². The molecule has 0 aromatic heterocycles. The quantitative estimate of drug-likeness (QED) is 0.288. The SMILES string of the molecule is C=CCC(C)(C)S(=O)(=O)[O-].[Na+]. The molecule has 0 spiro atoms. The zero-order chi connectivity index (χ0) is 8.41. The Morgan fingerprint density at radius 3 is 2.00 bits per heavy atom. The molecule has 0 aliphatic carbocycles. The molecule has 0 aromatic carbocycles. The normalized spacial score (nSPS) is 11.9. The largest absolute Gasteiger partial charge is 1.00 e. The fourth-order valence-corrected chi connectivity index (χ4v) is 0.772. The molecule has 0 amide bonds. The number of hydrogen-bond donors (Lipinski definition) is 0. The second-order valence-corrected chi connectivity index (χ2v) is 4.72. The van der Waals surface area contributed by atoms with Crippen LogP contribution in [-0.4, -0.2) is 17.7 Å². The average Bonchev–Trinajstić information content (AvgIpc) is 1.61. The Morgan fingerprint density at radius 1 is 1.55 bits per heavy atom. The van der Waals surface area contributed by atoms with E-state index in [1.807, 2.05) is 0 Å². The van der Waals surface area contributed by atoms with E-state index in [2.05, 4.69) is 6.58 Å². The van der Waals surface area contributed by atoms with E-state index < -0.39 is 14.9 Å². The van der Waals surface area contributed by atoms with Gasteiger partial charge in [0.05, 0.1) is 4.75 Å². The smallest absolute Gasteiger partial charge is 0.748 e. The Morgan fingerprint density at radius 2 is 1.91 bits per heavy atom. The van der Waals surface area contributed by atoms with Crippen LogP contribution in [0.5, 0.6) is 0 Å². The van der Waals surface area contributed by atoms with Crippen LogP contribution in [0.25, 0.3) is 0 Å². The van der Waals surface area contributed by atoms with Gasteiger partial charge < -0.3 is 4.55 Å². The predicted molar refractivity (Wildman–Crippen MR) is 38.6 cm³/mol. The summed E-state index contributed by atoms with van der Waals surface area (Å²) in [7, 11) is -4.19. The molecule has 0 rings (SSSR count). The summed E-state index contributed by atoms with van der Waals surface area (Å²) in [5.74, 6) is 0. The molecule has 0 fully saturated rings. The second kappa shape index (κ2) is 4.62. The number of hydrogen-bond acceptors (Lipinski definition) is 3. The van der Waals surface area contributed by atoms with Crippen LogP contribution in [0.4, 0.5) is 0 Å².